The highest BCUT2D eigenvalue weighted by Gasteiger charge is 2.10. The topological polar surface area (TPSA) is 33.1 Å². The highest BCUT2D eigenvalue weighted by Crippen LogP contribution is 2.30. The van der Waals surface area contributed by atoms with Gasteiger partial charge in [0.2, 0.25) is 0 Å². The van der Waals surface area contributed by atoms with Gasteiger partial charge in [0, 0.05) is 11.6 Å². The van der Waals surface area contributed by atoms with E-state index >= 15 is 0 Å². The Hall–Kier alpha value is -2.04. The van der Waals surface area contributed by atoms with Crippen LogP contribution in [-0.4, -0.2) is 10.1 Å². The third-order valence-electron chi connectivity index (χ3n) is 3.07. The van der Waals surface area contributed by atoms with Gasteiger partial charge < -0.3 is 5.11 Å². The number of aliphatic hydroxyl groups excluding tert-OH is 1. The average Bonchev–Trinajstić information content (AvgIpc) is 2.89. The lowest BCUT2D eigenvalue weighted by atomic mass is 10.1. The maximum Gasteiger partial charge on any atom is 0.125 e. The van der Waals surface area contributed by atoms with E-state index in [0.29, 0.717) is 5.52 Å². The molecular formula is C16H12FNOS. The van der Waals surface area contributed by atoms with Gasteiger partial charge in [-0.2, -0.15) is 0 Å². The molecule has 0 radical (unpaired) electrons. The number of hydrogen-bond acceptors (Lipinski definition) is 3. The van der Waals surface area contributed by atoms with E-state index in [2.05, 4.69) is 11.6 Å². The van der Waals surface area contributed by atoms with E-state index in [1.165, 1.54) is 23.5 Å². The molecular weight excluding hydrogens is 273 g/mol. The van der Waals surface area contributed by atoms with Crippen LogP contribution in [0.5, 0.6) is 0 Å². The van der Waals surface area contributed by atoms with Crippen molar-refractivity contribution in [1.82, 2.24) is 4.98 Å². The van der Waals surface area contributed by atoms with Crippen LogP contribution in [0.2, 0.25) is 0 Å². The first-order chi connectivity index (χ1) is 9.67. The summed E-state index contributed by atoms with van der Waals surface area (Å²) in [5, 5.41) is 9.94. The van der Waals surface area contributed by atoms with E-state index in [1.54, 1.807) is 6.07 Å². The van der Waals surface area contributed by atoms with Gasteiger partial charge in [0.1, 0.15) is 10.8 Å². The van der Waals surface area contributed by atoms with Crippen LogP contribution < -0.4 is 0 Å². The van der Waals surface area contributed by atoms with Crippen molar-refractivity contribution in [2.24, 2.45) is 0 Å². The first kappa shape index (κ1) is 13.0. The maximum atomic E-state index is 13.2. The zero-order valence-corrected chi connectivity index (χ0v) is 11.5. The standard InChI is InChI=1S/C16H12FNOS/c1-10(12-4-2-3-11(7-12)9-19)16-18-14-8-13(17)5-6-15(14)20-16/h2-8,19H,1,9H2. The first-order valence-electron chi connectivity index (χ1n) is 6.13. The fourth-order valence-electron chi connectivity index (χ4n) is 2.01. The predicted octanol–water partition coefficient (Wildman–Crippen LogP) is 3.99. The predicted molar refractivity (Wildman–Crippen MR) is 80.1 cm³/mol. The van der Waals surface area contributed by atoms with Crippen LogP contribution in [0.1, 0.15) is 16.1 Å². The van der Waals surface area contributed by atoms with Crippen molar-refractivity contribution in [3.63, 3.8) is 0 Å². The molecule has 0 amide bonds. The summed E-state index contributed by atoms with van der Waals surface area (Å²) in [5.41, 5.74) is 3.17. The molecule has 20 heavy (non-hydrogen) atoms. The molecule has 0 aliphatic heterocycles. The van der Waals surface area contributed by atoms with E-state index in [4.69, 9.17) is 0 Å². The van der Waals surface area contributed by atoms with E-state index in [0.717, 1.165) is 26.4 Å². The molecule has 0 aliphatic rings. The monoisotopic (exact) mass is 285 g/mol. The molecule has 0 unspecified atom stereocenters. The van der Waals surface area contributed by atoms with Crippen molar-refractivity contribution >= 4 is 27.1 Å². The Morgan fingerprint density at radius 2 is 2.10 bits per heavy atom. The number of nitrogens with zero attached hydrogens (tertiary/aromatic N) is 1. The molecule has 0 saturated carbocycles. The van der Waals surface area contributed by atoms with Crippen molar-refractivity contribution in [3.05, 3.63) is 71.0 Å². The summed E-state index contributed by atoms with van der Waals surface area (Å²) in [4.78, 5) is 4.42. The summed E-state index contributed by atoms with van der Waals surface area (Å²) < 4.78 is 14.1. The summed E-state index contributed by atoms with van der Waals surface area (Å²) in [5.74, 6) is -0.290. The Morgan fingerprint density at radius 1 is 1.25 bits per heavy atom. The summed E-state index contributed by atoms with van der Waals surface area (Å²) >= 11 is 1.48. The molecule has 0 bridgehead atoms. The van der Waals surface area contributed by atoms with Crippen LogP contribution in [0.3, 0.4) is 0 Å². The third-order valence-corrected chi connectivity index (χ3v) is 4.16. The fraction of sp³-hybridized carbons (Fsp3) is 0.0625. The highest BCUT2D eigenvalue weighted by molar-refractivity contribution is 7.19. The average molecular weight is 285 g/mol. The molecule has 1 aromatic heterocycles. The number of halogens is 1. The Morgan fingerprint density at radius 3 is 2.90 bits per heavy atom. The number of thiazole rings is 1. The molecule has 0 fully saturated rings. The second-order valence-electron chi connectivity index (χ2n) is 4.47. The minimum absolute atomic E-state index is 0.00776. The van der Waals surface area contributed by atoms with Crippen LogP contribution in [0.15, 0.2) is 49.0 Å². The number of aliphatic hydroxyl groups is 1. The first-order valence-corrected chi connectivity index (χ1v) is 6.94. The van der Waals surface area contributed by atoms with Crippen molar-refractivity contribution in [1.29, 1.82) is 0 Å². The normalized spacial score (nSPS) is 10.9. The van der Waals surface area contributed by atoms with Crippen LogP contribution >= 0.6 is 11.3 Å². The van der Waals surface area contributed by atoms with Gasteiger partial charge in [-0.1, -0.05) is 24.8 Å². The van der Waals surface area contributed by atoms with E-state index in [-0.39, 0.29) is 12.4 Å². The van der Waals surface area contributed by atoms with E-state index in [1.807, 2.05) is 24.3 Å². The van der Waals surface area contributed by atoms with Gasteiger partial charge in [-0.15, -0.1) is 11.3 Å². The minimum atomic E-state index is -0.290. The molecule has 1 heterocycles. The molecule has 0 atom stereocenters. The van der Waals surface area contributed by atoms with Crippen LogP contribution in [-0.2, 0) is 6.61 Å². The van der Waals surface area contributed by atoms with Gasteiger partial charge in [-0.3, -0.25) is 0 Å². The van der Waals surface area contributed by atoms with Gasteiger partial charge in [0.15, 0.2) is 0 Å². The third kappa shape index (κ3) is 2.35. The summed E-state index contributed by atoms with van der Waals surface area (Å²) in [6.45, 7) is 4.05. The summed E-state index contributed by atoms with van der Waals surface area (Å²) in [6, 6.07) is 12.1. The number of fused-ring (bicyclic) bond motifs is 1. The minimum Gasteiger partial charge on any atom is -0.392 e. The summed E-state index contributed by atoms with van der Waals surface area (Å²) in [7, 11) is 0. The van der Waals surface area contributed by atoms with Crippen molar-refractivity contribution in [2.45, 2.75) is 6.61 Å². The van der Waals surface area contributed by atoms with Gasteiger partial charge in [-0.25, -0.2) is 9.37 Å². The lowest BCUT2D eigenvalue weighted by Gasteiger charge is -2.04. The molecule has 0 saturated heterocycles. The molecule has 0 aliphatic carbocycles. The SMILES string of the molecule is C=C(c1cccc(CO)c1)c1nc2cc(F)ccc2s1. The number of aromatic nitrogens is 1. The van der Waals surface area contributed by atoms with Crippen LogP contribution in [0, 0.1) is 5.82 Å². The van der Waals surface area contributed by atoms with Crippen molar-refractivity contribution < 1.29 is 9.50 Å². The molecule has 0 spiro atoms. The molecule has 100 valence electrons. The second-order valence-corrected chi connectivity index (χ2v) is 5.50. The van der Waals surface area contributed by atoms with E-state index < -0.39 is 0 Å². The zero-order valence-electron chi connectivity index (χ0n) is 10.6. The second kappa shape index (κ2) is 5.15. The molecule has 2 nitrogen and oxygen atoms in total. The van der Waals surface area contributed by atoms with Crippen LogP contribution in [0.25, 0.3) is 15.8 Å². The molecule has 1 N–H and O–H groups in total. The molecule has 2 aromatic carbocycles. The largest absolute Gasteiger partial charge is 0.392 e. The highest BCUT2D eigenvalue weighted by atomic mass is 32.1. The van der Waals surface area contributed by atoms with Crippen LogP contribution in [0.4, 0.5) is 4.39 Å². The molecule has 4 heteroatoms. The maximum absolute atomic E-state index is 13.2. The van der Waals surface area contributed by atoms with Crippen molar-refractivity contribution in [3.8, 4) is 0 Å². The number of benzene rings is 2. The Kier molecular flexibility index (Phi) is 3.34. The molecule has 3 rings (SSSR count). The summed E-state index contributed by atoms with van der Waals surface area (Å²) in [6.07, 6.45) is 0. The van der Waals surface area contributed by atoms with E-state index in [9.17, 15) is 9.50 Å². The van der Waals surface area contributed by atoms with Crippen molar-refractivity contribution in [2.75, 3.05) is 0 Å². The molecule has 3 aromatic rings. The smallest absolute Gasteiger partial charge is 0.125 e. The quantitative estimate of drug-likeness (QED) is 0.789. The fourth-order valence-corrected chi connectivity index (χ4v) is 2.95. The number of hydrogen-bond donors (Lipinski definition) is 1. The van der Waals surface area contributed by atoms with Gasteiger partial charge in [0.25, 0.3) is 0 Å². The Balaban J connectivity index is 2.03. The number of rotatable bonds is 3. The Labute approximate surface area is 119 Å². The Bertz CT molecular complexity index is 794. The van der Waals surface area contributed by atoms with Gasteiger partial charge in [0.05, 0.1) is 16.8 Å². The van der Waals surface area contributed by atoms with Gasteiger partial charge in [-0.05, 0) is 29.3 Å². The van der Waals surface area contributed by atoms with Gasteiger partial charge >= 0.3 is 0 Å². The zero-order chi connectivity index (χ0) is 14.1. The lowest BCUT2D eigenvalue weighted by molar-refractivity contribution is 0.282. The lowest BCUT2D eigenvalue weighted by Crippen LogP contribution is -1.88.